The molecular formula is C13H14O2. The van der Waals surface area contributed by atoms with Crippen LogP contribution in [0.1, 0.15) is 36.8 Å². The van der Waals surface area contributed by atoms with E-state index >= 15 is 0 Å². The van der Waals surface area contributed by atoms with E-state index in [1.54, 1.807) is 0 Å². The van der Waals surface area contributed by atoms with Crippen LogP contribution in [0.2, 0.25) is 0 Å². The molecule has 0 aliphatic heterocycles. The van der Waals surface area contributed by atoms with Crippen molar-refractivity contribution in [2.24, 2.45) is 0 Å². The van der Waals surface area contributed by atoms with Crippen LogP contribution in [0, 0.1) is 0 Å². The highest BCUT2D eigenvalue weighted by Crippen LogP contribution is 2.30. The zero-order valence-electron chi connectivity index (χ0n) is 8.82. The summed E-state index contributed by atoms with van der Waals surface area (Å²) in [6.07, 6.45) is 1.70. The fourth-order valence-electron chi connectivity index (χ4n) is 2.20. The van der Waals surface area contributed by atoms with Crippen LogP contribution in [0.4, 0.5) is 0 Å². The van der Waals surface area contributed by atoms with Gasteiger partial charge in [-0.15, -0.1) is 0 Å². The first kappa shape index (κ1) is 10.1. The molecule has 0 atom stereocenters. The summed E-state index contributed by atoms with van der Waals surface area (Å²) in [4.78, 5) is 23.3. The van der Waals surface area contributed by atoms with Gasteiger partial charge in [0.1, 0.15) is 17.5 Å². The zero-order chi connectivity index (χ0) is 10.8. The van der Waals surface area contributed by atoms with Crippen molar-refractivity contribution >= 4 is 11.6 Å². The monoisotopic (exact) mass is 202 g/mol. The van der Waals surface area contributed by atoms with Crippen molar-refractivity contribution in [1.29, 1.82) is 0 Å². The van der Waals surface area contributed by atoms with E-state index in [0.717, 1.165) is 17.5 Å². The molecule has 2 heteroatoms. The quantitative estimate of drug-likeness (QED) is 0.689. The summed E-state index contributed by atoms with van der Waals surface area (Å²) in [6, 6.07) is 7.75. The molecule has 1 aromatic rings. The van der Waals surface area contributed by atoms with Gasteiger partial charge in [-0.2, -0.15) is 0 Å². The van der Waals surface area contributed by atoms with Crippen LogP contribution >= 0.6 is 0 Å². The second-order valence-electron chi connectivity index (χ2n) is 3.92. The van der Waals surface area contributed by atoms with Gasteiger partial charge < -0.3 is 0 Å². The third-order valence-corrected chi connectivity index (χ3v) is 3.01. The Morgan fingerprint density at radius 2 is 1.73 bits per heavy atom. The molecule has 0 saturated heterocycles. The first-order chi connectivity index (χ1) is 7.24. The first-order valence-electron chi connectivity index (χ1n) is 5.37. The van der Waals surface area contributed by atoms with Gasteiger partial charge in [-0.1, -0.05) is 31.2 Å². The molecule has 2 rings (SSSR count). The molecule has 0 unspecified atom stereocenters. The molecule has 0 N–H and O–H groups in total. The van der Waals surface area contributed by atoms with Gasteiger partial charge in [-0.25, -0.2) is 0 Å². The Morgan fingerprint density at radius 3 is 2.33 bits per heavy atom. The van der Waals surface area contributed by atoms with Crippen LogP contribution in [0.25, 0.3) is 0 Å². The Hall–Kier alpha value is -1.44. The van der Waals surface area contributed by atoms with Crippen molar-refractivity contribution in [3.8, 4) is 0 Å². The van der Waals surface area contributed by atoms with E-state index in [-0.39, 0.29) is 11.6 Å². The van der Waals surface area contributed by atoms with Crippen LogP contribution in [-0.2, 0) is 16.0 Å². The van der Waals surface area contributed by atoms with Gasteiger partial charge in [0.05, 0.1) is 0 Å². The van der Waals surface area contributed by atoms with Crippen molar-refractivity contribution < 1.29 is 9.59 Å². The highest BCUT2D eigenvalue weighted by Gasteiger charge is 2.34. The van der Waals surface area contributed by atoms with E-state index in [1.165, 1.54) is 0 Å². The standard InChI is InChI=1S/C13H14O2/c1-2-9-5-3-4-6-10(9)13-11(14)7-8-12(13)15/h3-6,13H,2,7-8H2,1H3. The summed E-state index contributed by atoms with van der Waals surface area (Å²) in [5, 5.41) is 0. The van der Waals surface area contributed by atoms with Gasteiger partial charge in [-0.05, 0) is 17.5 Å². The molecular weight excluding hydrogens is 188 g/mol. The van der Waals surface area contributed by atoms with Crippen molar-refractivity contribution in [3.05, 3.63) is 35.4 Å². The van der Waals surface area contributed by atoms with Gasteiger partial charge in [-0.3, -0.25) is 9.59 Å². The second-order valence-corrected chi connectivity index (χ2v) is 3.92. The lowest BCUT2D eigenvalue weighted by Gasteiger charge is -2.11. The Morgan fingerprint density at radius 1 is 1.13 bits per heavy atom. The minimum Gasteiger partial charge on any atom is -0.299 e. The molecule has 1 aliphatic carbocycles. The number of carbonyl (C=O) groups is 2. The first-order valence-corrected chi connectivity index (χ1v) is 5.37. The second kappa shape index (κ2) is 3.97. The summed E-state index contributed by atoms with van der Waals surface area (Å²) < 4.78 is 0. The van der Waals surface area contributed by atoms with Gasteiger partial charge in [0.25, 0.3) is 0 Å². The summed E-state index contributed by atoms with van der Waals surface area (Å²) in [7, 11) is 0. The van der Waals surface area contributed by atoms with Gasteiger partial charge >= 0.3 is 0 Å². The lowest BCUT2D eigenvalue weighted by Crippen LogP contribution is -2.13. The Kier molecular flexibility index (Phi) is 2.67. The van der Waals surface area contributed by atoms with Gasteiger partial charge in [0.15, 0.2) is 0 Å². The van der Waals surface area contributed by atoms with Crippen LogP contribution in [0.5, 0.6) is 0 Å². The maximum atomic E-state index is 11.6. The average molecular weight is 202 g/mol. The molecule has 0 radical (unpaired) electrons. The summed E-state index contributed by atoms with van der Waals surface area (Å²) in [5.41, 5.74) is 2.04. The lowest BCUT2D eigenvalue weighted by atomic mass is 9.90. The molecule has 0 heterocycles. The highest BCUT2D eigenvalue weighted by molar-refractivity contribution is 6.13. The predicted molar refractivity (Wildman–Crippen MR) is 57.8 cm³/mol. The highest BCUT2D eigenvalue weighted by atomic mass is 16.2. The van der Waals surface area contributed by atoms with Crippen LogP contribution < -0.4 is 0 Å². The SMILES string of the molecule is CCc1ccccc1C1C(=O)CCC1=O. The molecule has 1 aromatic carbocycles. The van der Waals surface area contributed by atoms with E-state index < -0.39 is 5.92 Å². The number of rotatable bonds is 2. The fourth-order valence-corrected chi connectivity index (χ4v) is 2.20. The molecule has 2 nitrogen and oxygen atoms in total. The molecule has 1 aliphatic rings. The molecule has 0 bridgehead atoms. The number of Topliss-reactive ketones (excluding diaryl/α,β-unsaturated/α-hetero) is 2. The maximum absolute atomic E-state index is 11.6. The molecule has 78 valence electrons. The number of benzene rings is 1. The summed E-state index contributed by atoms with van der Waals surface area (Å²) in [5.74, 6) is -0.303. The number of hydrogen-bond acceptors (Lipinski definition) is 2. The Labute approximate surface area is 89.3 Å². The predicted octanol–water partition coefficient (Wildman–Crippen LogP) is 2.26. The summed E-state index contributed by atoms with van der Waals surface area (Å²) in [6.45, 7) is 2.04. The average Bonchev–Trinajstić information content (AvgIpc) is 2.59. The zero-order valence-corrected chi connectivity index (χ0v) is 8.82. The lowest BCUT2D eigenvalue weighted by molar-refractivity contribution is -0.123. The van der Waals surface area contributed by atoms with E-state index in [4.69, 9.17) is 0 Å². The smallest absolute Gasteiger partial charge is 0.148 e. The summed E-state index contributed by atoms with van der Waals surface area (Å²) >= 11 is 0. The molecule has 1 saturated carbocycles. The molecule has 15 heavy (non-hydrogen) atoms. The maximum Gasteiger partial charge on any atom is 0.148 e. The minimum atomic E-state index is -0.471. The third-order valence-electron chi connectivity index (χ3n) is 3.01. The molecule has 1 fully saturated rings. The normalized spacial score (nSPS) is 17.4. The van der Waals surface area contributed by atoms with Crippen molar-refractivity contribution in [3.63, 3.8) is 0 Å². The molecule has 0 amide bonds. The topological polar surface area (TPSA) is 34.1 Å². The fraction of sp³-hybridized carbons (Fsp3) is 0.385. The van der Waals surface area contributed by atoms with Crippen LogP contribution in [0.15, 0.2) is 24.3 Å². The number of carbonyl (C=O) groups excluding carboxylic acids is 2. The van der Waals surface area contributed by atoms with Gasteiger partial charge in [0, 0.05) is 12.8 Å². The largest absolute Gasteiger partial charge is 0.299 e. The van der Waals surface area contributed by atoms with Crippen molar-refractivity contribution in [1.82, 2.24) is 0 Å². The third kappa shape index (κ3) is 1.72. The Bertz CT molecular complexity index is 391. The van der Waals surface area contributed by atoms with Crippen molar-refractivity contribution in [2.75, 3.05) is 0 Å². The number of hydrogen-bond donors (Lipinski definition) is 0. The number of ketones is 2. The number of aryl methyl sites for hydroxylation is 1. The van der Waals surface area contributed by atoms with E-state index in [1.807, 2.05) is 31.2 Å². The van der Waals surface area contributed by atoms with Crippen molar-refractivity contribution in [2.45, 2.75) is 32.1 Å². The van der Waals surface area contributed by atoms with Gasteiger partial charge in [0.2, 0.25) is 0 Å². The molecule has 0 aromatic heterocycles. The van der Waals surface area contributed by atoms with E-state index in [2.05, 4.69) is 0 Å². The minimum absolute atomic E-state index is 0.0842. The van der Waals surface area contributed by atoms with Crippen LogP contribution in [-0.4, -0.2) is 11.6 Å². The van der Waals surface area contributed by atoms with Crippen LogP contribution in [0.3, 0.4) is 0 Å². The molecule has 0 spiro atoms. The van der Waals surface area contributed by atoms with E-state index in [9.17, 15) is 9.59 Å². The van der Waals surface area contributed by atoms with E-state index in [0.29, 0.717) is 12.8 Å². The Balaban J connectivity index is 2.44.